The lowest BCUT2D eigenvalue weighted by Crippen LogP contribution is -2.20. The molecule has 1 amide bonds. The summed E-state index contributed by atoms with van der Waals surface area (Å²) in [4.78, 5) is 11.5. The van der Waals surface area contributed by atoms with Crippen LogP contribution in [0.5, 0.6) is 5.75 Å². The molecule has 1 heterocycles. The zero-order valence-corrected chi connectivity index (χ0v) is 16.1. The SMILES string of the molecule is CCc1ccc(OCc2nnc(SCC(=O)NC)n2CC(C)C)cc1. The van der Waals surface area contributed by atoms with E-state index in [1.165, 1.54) is 17.3 Å². The third-order valence-electron chi connectivity index (χ3n) is 3.65. The van der Waals surface area contributed by atoms with Crippen LogP contribution in [0.1, 0.15) is 32.2 Å². The van der Waals surface area contributed by atoms with Gasteiger partial charge in [0, 0.05) is 13.6 Å². The second-order valence-electron chi connectivity index (χ2n) is 6.15. The molecule has 0 aliphatic rings. The van der Waals surface area contributed by atoms with E-state index in [0.29, 0.717) is 18.3 Å². The summed E-state index contributed by atoms with van der Waals surface area (Å²) >= 11 is 1.39. The van der Waals surface area contributed by atoms with Crippen molar-refractivity contribution < 1.29 is 9.53 Å². The fourth-order valence-electron chi connectivity index (χ4n) is 2.25. The van der Waals surface area contributed by atoms with Gasteiger partial charge in [-0.15, -0.1) is 10.2 Å². The maximum atomic E-state index is 11.5. The molecule has 0 atom stereocenters. The van der Waals surface area contributed by atoms with Crippen LogP contribution in [0.15, 0.2) is 29.4 Å². The molecule has 6 nitrogen and oxygen atoms in total. The summed E-state index contributed by atoms with van der Waals surface area (Å²) in [5.74, 6) is 2.32. The molecule has 7 heteroatoms. The smallest absolute Gasteiger partial charge is 0.230 e. The van der Waals surface area contributed by atoms with Gasteiger partial charge in [-0.25, -0.2) is 0 Å². The first kappa shape index (κ1) is 19.3. The first-order chi connectivity index (χ1) is 12.0. The molecule has 1 aromatic carbocycles. The Hall–Kier alpha value is -2.02. The highest BCUT2D eigenvalue weighted by molar-refractivity contribution is 7.99. The van der Waals surface area contributed by atoms with Gasteiger partial charge in [0.05, 0.1) is 5.75 Å². The fraction of sp³-hybridized carbons (Fsp3) is 0.500. The molecule has 0 aliphatic heterocycles. The van der Waals surface area contributed by atoms with E-state index in [2.05, 4.69) is 48.4 Å². The third-order valence-corrected chi connectivity index (χ3v) is 4.62. The summed E-state index contributed by atoms with van der Waals surface area (Å²) in [7, 11) is 1.63. The molecule has 2 aromatic rings. The Morgan fingerprint density at radius 3 is 2.60 bits per heavy atom. The second kappa shape index (κ2) is 9.46. The van der Waals surface area contributed by atoms with Crippen LogP contribution in [0.25, 0.3) is 0 Å². The molecule has 0 radical (unpaired) electrons. The van der Waals surface area contributed by atoms with Crippen LogP contribution in [-0.4, -0.2) is 33.5 Å². The Balaban J connectivity index is 2.07. The van der Waals surface area contributed by atoms with Crippen LogP contribution < -0.4 is 10.1 Å². The van der Waals surface area contributed by atoms with Gasteiger partial charge in [-0.3, -0.25) is 4.79 Å². The van der Waals surface area contributed by atoms with Crippen molar-refractivity contribution in [3.63, 3.8) is 0 Å². The standard InChI is InChI=1S/C18H26N4O2S/c1-5-14-6-8-15(9-7-14)24-11-16-20-21-18(22(16)10-13(2)3)25-12-17(23)19-4/h6-9,13H,5,10-12H2,1-4H3,(H,19,23). The lowest BCUT2D eigenvalue weighted by atomic mass is 10.2. The van der Waals surface area contributed by atoms with Gasteiger partial charge in [-0.1, -0.05) is 44.7 Å². The number of hydrogen-bond acceptors (Lipinski definition) is 5. The highest BCUT2D eigenvalue weighted by Crippen LogP contribution is 2.20. The number of benzene rings is 1. The normalized spacial score (nSPS) is 10.9. The van der Waals surface area contributed by atoms with Crippen LogP contribution in [-0.2, 0) is 24.4 Å². The van der Waals surface area contributed by atoms with Gasteiger partial charge in [-0.05, 0) is 30.0 Å². The monoisotopic (exact) mass is 362 g/mol. The van der Waals surface area contributed by atoms with E-state index in [1.54, 1.807) is 7.05 Å². The molecule has 0 fully saturated rings. The summed E-state index contributed by atoms with van der Waals surface area (Å²) in [5.41, 5.74) is 1.28. The Labute approximate surface area is 153 Å². The number of nitrogens with zero attached hydrogens (tertiary/aromatic N) is 3. The molecule has 0 spiro atoms. The Morgan fingerprint density at radius 2 is 2.00 bits per heavy atom. The summed E-state index contributed by atoms with van der Waals surface area (Å²) in [6.07, 6.45) is 1.01. The van der Waals surface area contributed by atoms with Gasteiger partial charge in [0.2, 0.25) is 5.91 Å². The fourth-order valence-corrected chi connectivity index (χ4v) is 3.09. The van der Waals surface area contributed by atoms with Crippen molar-refractivity contribution in [2.45, 2.75) is 45.5 Å². The van der Waals surface area contributed by atoms with Crippen LogP contribution >= 0.6 is 11.8 Å². The summed E-state index contributed by atoms with van der Waals surface area (Å²) < 4.78 is 7.90. The van der Waals surface area contributed by atoms with Crippen molar-refractivity contribution in [3.05, 3.63) is 35.7 Å². The van der Waals surface area contributed by atoms with Crippen molar-refractivity contribution >= 4 is 17.7 Å². The average molecular weight is 362 g/mol. The Morgan fingerprint density at radius 1 is 1.28 bits per heavy atom. The quantitative estimate of drug-likeness (QED) is 0.695. The lowest BCUT2D eigenvalue weighted by Gasteiger charge is -2.13. The van der Waals surface area contributed by atoms with E-state index in [-0.39, 0.29) is 5.91 Å². The molecule has 0 aliphatic carbocycles. The van der Waals surface area contributed by atoms with E-state index in [1.807, 2.05) is 16.7 Å². The average Bonchev–Trinajstić information content (AvgIpc) is 2.99. The number of hydrogen-bond donors (Lipinski definition) is 1. The Bertz CT molecular complexity index is 683. The Kier molecular flexibility index (Phi) is 7.31. The van der Waals surface area contributed by atoms with Gasteiger partial charge in [0.25, 0.3) is 0 Å². The van der Waals surface area contributed by atoms with Crippen LogP contribution in [0.2, 0.25) is 0 Å². The molecular weight excluding hydrogens is 336 g/mol. The molecule has 0 unspecified atom stereocenters. The molecule has 0 saturated carbocycles. The topological polar surface area (TPSA) is 69.0 Å². The number of aryl methyl sites for hydroxylation is 1. The zero-order chi connectivity index (χ0) is 18.2. The molecule has 0 saturated heterocycles. The molecule has 2 rings (SSSR count). The van der Waals surface area contributed by atoms with E-state index in [4.69, 9.17) is 4.74 Å². The van der Waals surface area contributed by atoms with Crippen molar-refractivity contribution in [2.75, 3.05) is 12.8 Å². The minimum atomic E-state index is -0.0297. The molecule has 1 N–H and O–H groups in total. The number of carbonyl (C=O) groups excluding carboxylic acids is 1. The number of amides is 1. The van der Waals surface area contributed by atoms with Gasteiger partial charge >= 0.3 is 0 Å². The maximum Gasteiger partial charge on any atom is 0.230 e. The van der Waals surface area contributed by atoms with E-state index >= 15 is 0 Å². The van der Waals surface area contributed by atoms with Crippen LogP contribution in [0.4, 0.5) is 0 Å². The highest BCUT2D eigenvalue weighted by atomic mass is 32.2. The number of carbonyl (C=O) groups is 1. The van der Waals surface area contributed by atoms with E-state index in [0.717, 1.165) is 29.7 Å². The van der Waals surface area contributed by atoms with E-state index < -0.39 is 0 Å². The molecular formula is C18H26N4O2S. The second-order valence-corrected chi connectivity index (χ2v) is 7.09. The maximum absolute atomic E-state index is 11.5. The van der Waals surface area contributed by atoms with Crippen LogP contribution in [0, 0.1) is 5.92 Å². The van der Waals surface area contributed by atoms with Crippen molar-refractivity contribution in [1.82, 2.24) is 20.1 Å². The van der Waals surface area contributed by atoms with Crippen LogP contribution in [0.3, 0.4) is 0 Å². The predicted molar refractivity (Wildman–Crippen MR) is 99.8 cm³/mol. The van der Waals surface area contributed by atoms with Gasteiger partial charge in [-0.2, -0.15) is 0 Å². The van der Waals surface area contributed by atoms with Crippen molar-refractivity contribution in [1.29, 1.82) is 0 Å². The lowest BCUT2D eigenvalue weighted by molar-refractivity contribution is -0.118. The van der Waals surface area contributed by atoms with Crippen molar-refractivity contribution in [3.8, 4) is 5.75 Å². The number of nitrogens with one attached hydrogen (secondary N) is 1. The molecule has 1 aromatic heterocycles. The van der Waals surface area contributed by atoms with Gasteiger partial charge in [0.1, 0.15) is 12.4 Å². The van der Waals surface area contributed by atoms with Gasteiger partial charge < -0.3 is 14.6 Å². The molecule has 136 valence electrons. The van der Waals surface area contributed by atoms with E-state index in [9.17, 15) is 4.79 Å². The summed E-state index contributed by atoms with van der Waals surface area (Å²) in [6.45, 7) is 7.55. The van der Waals surface area contributed by atoms with Crippen molar-refractivity contribution in [2.24, 2.45) is 5.92 Å². The zero-order valence-electron chi connectivity index (χ0n) is 15.3. The summed E-state index contributed by atoms with van der Waals surface area (Å²) in [6, 6.07) is 8.09. The predicted octanol–water partition coefficient (Wildman–Crippen LogP) is 2.91. The molecule has 0 bridgehead atoms. The minimum absolute atomic E-state index is 0.0297. The first-order valence-electron chi connectivity index (χ1n) is 8.50. The number of ether oxygens (including phenoxy) is 1. The third kappa shape index (κ3) is 5.77. The molecule has 25 heavy (non-hydrogen) atoms. The highest BCUT2D eigenvalue weighted by Gasteiger charge is 2.15. The number of thioether (sulfide) groups is 1. The number of aromatic nitrogens is 3. The minimum Gasteiger partial charge on any atom is -0.486 e. The van der Waals surface area contributed by atoms with Gasteiger partial charge in [0.15, 0.2) is 11.0 Å². The summed E-state index contributed by atoms with van der Waals surface area (Å²) in [5, 5.41) is 11.9. The number of rotatable bonds is 9. The largest absolute Gasteiger partial charge is 0.486 e. The first-order valence-corrected chi connectivity index (χ1v) is 9.49.